The van der Waals surface area contributed by atoms with Gasteiger partial charge in [0.05, 0.1) is 14.2 Å². The summed E-state index contributed by atoms with van der Waals surface area (Å²) in [5, 5.41) is 2.87. The van der Waals surface area contributed by atoms with E-state index in [4.69, 9.17) is 4.74 Å². The molecule has 1 fully saturated rings. The molecule has 0 spiro atoms. The van der Waals surface area contributed by atoms with Crippen molar-refractivity contribution >= 4 is 17.5 Å². The molecular weight excluding hydrogens is 342 g/mol. The maximum Gasteiger partial charge on any atom is 0.282 e. The first-order valence-corrected chi connectivity index (χ1v) is 9.83. The van der Waals surface area contributed by atoms with Crippen LogP contribution in [0.1, 0.15) is 38.5 Å². The van der Waals surface area contributed by atoms with Gasteiger partial charge in [0.15, 0.2) is 13.1 Å². The third-order valence-corrected chi connectivity index (χ3v) is 5.03. The molecule has 1 aromatic rings. The van der Waals surface area contributed by atoms with Crippen LogP contribution in [0.15, 0.2) is 36.0 Å². The molecule has 0 bridgehead atoms. The normalized spacial score (nSPS) is 17.6. The number of rotatable bonds is 8. The van der Waals surface area contributed by atoms with Crippen LogP contribution in [0, 0.1) is 0 Å². The molecule has 146 valence electrons. The maximum atomic E-state index is 12.9. The van der Waals surface area contributed by atoms with Crippen molar-refractivity contribution in [2.75, 3.05) is 32.6 Å². The average Bonchev–Trinajstić information content (AvgIpc) is 3.47. The molecule has 3 rings (SSSR count). The van der Waals surface area contributed by atoms with E-state index in [1.165, 1.54) is 12.1 Å². The van der Waals surface area contributed by atoms with Gasteiger partial charge in [-0.1, -0.05) is 12.1 Å². The quantitative estimate of drug-likeness (QED) is 0.729. The monoisotopic (exact) mass is 372 g/mol. The highest BCUT2D eigenvalue weighted by Gasteiger charge is 2.36. The van der Waals surface area contributed by atoms with E-state index in [1.807, 2.05) is 30.1 Å². The molecule has 0 aliphatic heterocycles. The Morgan fingerprint density at radius 2 is 2.07 bits per heavy atom. The number of anilines is 1. The molecule has 0 heterocycles. The number of benzene rings is 1. The number of carbonyl (C=O) groups excluding carboxylic acids is 2. The van der Waals surface area contributed by atoms with Crippen molar-refractivity contribution in [1.29, 1.82) is 0 Å². The summed E-state index contributed by atoms with van der Waals surface area (Å²) in [6.45, 7) is 0.583. The van der Waals surface area contributed by atoms with Crippen LogP contribution in [0.3, 0.4) is 0 Å². The average molecular weight is 372 g/mol. The number of methoxy groups -OCH3 is 1. The number of ether oxygens (including phenoxy) is 1. The first kappa shape index (κ1) is 19.4. The molecule has 1 unspecified atom stereocenters. The second-order valence-corrected chi connectivity index (χ2v) is 7.53. The van der Waals surface area contributed by atoms with Gasteiger partial charge in [-0.25, -0.2) is 0 Å². The molecule has 27 heavy (non-hydrogen) atoms. The van der Waals surface area contributed by atoms with Crippen molar-refractivity contribution in [3.05, 3.63) is 36.0 Å². The molecule has 1 atom stereocenters. The molecule has 6 heteroatoms. The van der Waals surface area contributed by atoms with Gasteiger partial charge in [-0.15, -0.1) is 0 Å². The molecule has 2 N–H and O–H groups in total. The lowest BCUT2D eigenvalue weighted by Gasteiger charge is -2.28. The number of nitrogens with zero attached hydrogens (tertiary/aromatic N) is 1. The van der Waals surface area contributed by atoms with Crippen LogP contribution in [0.25, 0.3) is 0 Å². The van der Waals surface area contributed by atoms with E-state index in [1.54, 1.807) is 13.2 Å². The van der Waals surface area contributed by atoms with E-state index < -0.39 is 0 Å². The van der Waals surface area contributed by atoms with Crippen LogP contribution in [0.2, 0.25) is 0 Å². The molecular formula is C21H30N3O3+. The van der Waals surface area contributed by atoms with Crippen molar-refractivity contribution in [2.45, 2.75) is 44.6 Å². The summed E-state index contributed by atoms with van der Waals surface area (Å²) in [5.41, 5.74) is 1.90. The largest absolute Gasteiger partial charge is 0.497 e. The van der Waals surface area contributed by atoms with Crippen molar-refractivity contribution in [2.24, 2.45) is 0 Å². The highest BCUT2D eigenvalue weighted by Crippen LogP contribution is 2.33. The summed E-state index contributed by atoms with van der Waals surface area (Å²) < 4.78 is 5.17. The fourth-order valence-electron chi connectivity index (χ4n) is 3.56. The second-order valence-electron chi connectivity index (χ2n) is 7.53. The van der Waals surface area contributed by atoms with Crippen molar-refractivity contribution < 1.29 is 19.2 Å². The Hall–Kier alpha value is -2.34. The summed E-state index contributed by atoms with van der Waals surface area (Å²) in [7, 11) is 3.49. The molecule has 1 saturated carbocycles. The van der Waals surface area contributed by atoms with Gasteiger partial charge < -0.3 is 19.9 Å². The topological polar surface area (TPSA) is 63.1 Å². The minimum Gasteiger partial charge on any atom is -0.497 e. The smallest absolute Gasteiger partial charge is 0.282 e. The predicted molar refractivity (Wildman–Crippen MR) is 105 cm³/mol. The van der Waals surface area contributed by atoms with Crippen LogP contribution in [0.4, 0.5) is 5.69 Å². The SMILES string of the molecule is COc1cccc(NC(=O)C[NH+](C)CC(=O)N(C2=CCCCC2)C2CC2)c1. The Morgan fingerprint density at radius 1 is 1.26 bits per heavy atom. The zero-order valence-electron chi connectivity index (χ0n) is 16.3. The summed E-state index contributed by atoms with van der Waals surface area (Å²) in [6.07, 6.45) is 8.86. The molecule has 2 aliphatic carbocycles. The van der Waals surface area contributed by atoms with Crippen LogP contribution >= 0.6 is 0 Å². The lowest BCUT2D eigenvalue weighted by Crippen LogP contribution is -3.11. The van der Waals surface area contributed by atoms with Gasteiger partial charge in [-0.05, 0) is 50.7 Å². The first-order chi connectivity index (χ1) is 13.1. The Bertz CT molecular complexity index is 712. The minimum absolute atomic E-state index is 0.108. The minimum atomic E-state index is -0.108. The number of quaternary nitrogens is 1. The van der Waals surface area contributed by atoms with E-state index in [2.05, 4.69) is 11.4 Å². The molecule has 2 amide bonds. The Balaban J connectivity index is 1.52. The molecule has 2 aliphatic rings. The zero-order chi connectivity index (χ0) is 19.2. The molecule has 0 radical (unpaired) electrons. The molecule has 0 aromatic heterocycles. The van der Waals surface area contributed by atoms with Gasteiger partial charge in [0.25, 0.3) is 11.8 Å². The molecule has 1 aromatic carbocycles. The van der Waals surface area contributed by atoms with Gasteiger partial charge in [-0.2, -0.15) is 0 Å². The first-order valence-electron chi connectivity index (χ1n) is 9.83. The zero-order valence-corrected chi connectivity index (χ0v) is 16.3. The molecule has 0 saturated heterocycles. The fraction of sp³-hybridized carbons (Fsp3) is 0.524. The van der Waals surface area contributed by atoms with E-state index in [0.717, 1.165) is 37.0 Å². The Morgan fingerprint density at radius 3 is 2.74 bits per heavy atom. The number of amides is 2. The van der Waals surface area contributed by atoms with Gasteiger partial charge in [0.1, 0.15) is 5.75 Å². The number of hydrogen-bond donors (Lipinski definition) is 2. The van der Waals surface area contributed by atoms with E-state index in [9.17, 15) is 9.59 Å². The maximum absolute atomic E-state index is 12.9. The lowest BCUT2D eigenvalue weighted by molar-refractivity contribution is -0.862. The van der Waals surface area contributed by atoms with Gasteiger partial charge in [0, 0.05) is 23.5 Å². The third kappa shape index (κ3) is 5.57. The molecule has 6 nitrogen and oxygen atoms in total. The predicted octanol–water partition coefficient (Wildman–Crippen LogP) is 1.60. The second kappa shape index (κ2) is 9.04. The lowest BCUT2D eigenvalue weighted by atomic mass is 10.0. The summed E-state index contributed by atoms with van der Waals surface area (Å²) in [5.74, 6) is 0.727. The highest BCUT2D eigenvalue weighted by atomic mass is 16.5. The van der Waals surface area contributed by atoms with E-state index >= 15 is 0 Å². The number of nitrogens with one attached hydrogen (secondary N) is 2. The number of likely N-dealkylation sites (N-methyl/N-ethyl adjacent to an activating group) is 1. The number of hydrogen-bond acceptors (Lipinski definition) is 3. The van der Waals surface area contributed by atoms with Crippen LogP contribution in [-0.4, -0.2) is 50.0 Å². The summed E-state index contributed by atoms with van der Waals surface area (Å²) in [6, 6.07) is 7.65. The van der Waals surface area contributed by atoms with Crippen LogP contribution < -0.4 is 15.0 Å². The van der Waals surface area contributed by atoms with Gasteiger partial charge in [-0.3, -0.25) is 9.59 Å². The number of carbonyl (C=O) groups is 2. The van der Waals surface area contributed by atoms with E-state index in [-0.39, 0.29) is 18.4 Å². The Labute approximate surface area is 161 Å². The summed E-state index contributed by atoms with van der Waals surface area (Å²) >= 11 is 0. The van der Waals surface area contributed by atoms with Crippen LogP contribution in [0.5, 0.6) is 5.75 Å². The fourth-order valence-corrected chi connectivity index (χ4v) is 3.56. The Kier molecular flexibility index (Phi) is 6.50. The highest BCUT2D eigenvalue weighted by molar-refractivity contribution is 5.91. The standard InChI is InChI=1S/C21H29N3O3/c1-23(14-20(25)22-16-7-6-10-19(13-16)27-2)15-21(26)24(18-11-12-18)17-8-4-3-5-9-17/h6-8,10,13,18H,3-5,9,11-12,14-15H2,1-2H3,(H,22,25)/p+1. The van der Waals surface area contributed by atoms with Gasteiger partial charge in [0.2, 0.25) is 0 Å². The summed E-state index contributed by atoms with van der Waals surface area (Å²) in [4.78, 5) is 28.1. The van der Waals surface area contributed by atoms with E-state index in [0.29, 0.717) is 24.0 Å². The van der Waals surface area contributed by atoms with Crippen LogP contribution in [-0.2, 0) is 9.59 Å². The van der Waals surface area contributed by atoms with Crippen molar-refractivity contribution in [1.82, 2.24) is 4.90 Å². The van der Waals surface area contributed by atoms with Gasteiger partial charge >= 0.3 is 0 Å². The number of allylic oxidation sites excluding steroid dienone is 2. The van der Waals surface area contributed by atoms with Crippen molar-refractivity contribution in [3.8, 4) is 5.75 Å². The van der Waals surface area contributed by atoms with Crippen molar-refractivity contribution in [3.63, 3.8) is 0 Å². The third-order valence-electron chi connectivity index (χ3n) is 5.03.